The Morgan fingerprint density at radius 2 is 1.80 bits per heavy atom. The average Bonchev–Trinajstić information content (AvgIpc) is 2.91. The van der Waals surface area contributed by atoms with Crippen LogP contribution < -0.4 is 5.32 Å². The topological polar surface area (TPSA) is 94.1 Å². The number of aryl methyl sites for hydroxylation is 1. The van der Waals surface area contributed by atoms with Gasteiger partial charge < -0.3 is 5.32 Å². The van der Waals surface area contributed by atoms with Crippen LogP contribution in [0.15, 0.2) is 41.0 Å². The third-order valence-corrected chi connectivity index (χ3v) is 2.92. The third kappa shape index (κ3) is 2.05. The molecular formula is C13H10N4O3. The third-order valence-electron chi connectivity index (χ3n) is 2.92. The van der Waals surface area contributed by atoms with Crippen molar-refractivity contribution in [1.29, 1.82) is 0 Å². The highest BCUT2D eigenvalue weighted by Gasteiger charge is 2.19. The SMILES string of the molecule is Cc1ccc(Nc2ccc([N+](=O)[O-])c3nonc23)cc1. The number of benzene rings is 2. The normalized spacial score (nSPS) is 10.7. The van der Waals surface area contributed by atoms with Crippen molar-refractivity contribution in [3.8, 4) is 0 Å². The first kappa shape index (κ1) is 12.1. The van der Waals surface area contributed by atoms with Crippen LogP contribution >= 0.6 is 0 Å². The zero-order valence-corrected chi connectivity index (χ0v) is 10.5. The van der Waals surface area contributed by atoms with Crippen LogP contribution in [0.1, 0.15) is 5.56 Å². The summed E-state index contributed by atoms with van der Waals surface area (Å²) in [5.41, 5.74) is 2.94. The molecule has 0 amide bonds. The van der Waals surface area contributed by atoms with E-state index in [1.165, 1.54) is 6.07 Å². The predicted octanol–water partition coefficient (Wildman–Crippen LogP) is 3.18. The molecule has 20 heavy (non-hydrogen) atoms. The fourth-order valence-corrected chi connectivity index (χ4v) is 1.89. The zero-order chi connectivity index (χ0) is 14.1. The Balaban J connectivity index is 2.04. The maximum absolute atomic E-state index is 10.9. The lowest BCUT2D eigenvalue weighted by Crippen LogP contribution is -1.94. The first-order valence-corrected chi connectivity index (χ1v) is 5.88. The number of aromatic nitrogens is 2. The molecule has 0 spiro atoms. The van der Waals surface area contributed by atoms with Crippen molar-refractivity contribution < 1.29 is 9.55 Å². The number of rotatable bonds is 3. The first-order valence-electron chi connectivity index (χ1n) is 5.88. The van der Waals surface area contributed by atoms with Gasteiger partial charge in [-0.15, -0.1) is 0 Å². The van der Waals surface area contributed by atoms with Gasteiger partial charge in [0.2, 0.25) is 5.52 Å². The van der Waals surface area contributed by atoms with Crippen molar-refractivity contribution in [2.45, 2.75) is 6.92 Å². The number of nitrogens with one attached hydrogen (secondary N) is 1. The van der Waals surface area contributed by atoms with Crippen molar-refractivity contribution in [2.24, 2.45) is 0 Å². The Bertz CT molecular complexity index is 780. The summed E-state index contributed by atoms with van der Waals surface area (Å²) in [4.78, 5) is 10.4. The molecule has 1 aromatic heterocycles. The minimum Gasteiger partial charge on any atom is -0.354 e. The van der Waals surface area contributed by atoms with E-state index in [1.54, 1.807) is 6.07 Å². The van der Waals surface area contributed by atoms with E-state index in [4.69, 9.17) is 0 Å². The molecule has 100 valence electrons. The molecular weight excluding hydrogens is 260 g/mol. The summed E-state index contributed by atoms with van der Waals surface area (Å²) in [6.07, 6.45) is 0. The Morgan fingerprint density at radius 3 is 2.50 bits per heavy atom. The number of non-ortho nitro benzene ring substituents is 1. The van der Waals surface area contributed by atoms with Crippen LogP contribution in [0.25, 0.3) is 11.0 Å². The minimum absolute atomic E-state index is 0.129. The van der Waals surface area contributed by atoms with Crippen LogP contribution in [0.2, 0.25) is 0 Å². The van der Waals surface area contributed by atoms with Gasteiger partial charge in [-0.3, -0.25) is 10.1 Å². The maximum Gasteiger partial charge on any atom is 0.300 e. The van der Waals surface area contributed by atoms with Crippen molar-refractivity contribution in [3.63, 3.8) is 0 Å². The molecule has 0 aliphatic rings. The number of nitro groups is 1. The molecule has 3 rings (SSSR count). The summed E-state index contributed by atoms with van der Waals surface area (Å²) < 4.78 is 4.61. The van der Waals surface area contributed by atoms with E-state index in [1.807, 2.05) is 31.2 Å². The highest BCUT2D eigenvalue weighted by molar-refractivity contribution is 5.94. The molecule has 1 heterocycles. The molecule has 3 aromatic rings. The average molecular weight is 270 g/mol. The van der Waals surface area contributed by atoms with E-state index in [9.17, 15) is 10.1 Å². The largest absolute Gasteiger partial charge is 0.354 e. The van der Waals surface area contributed by atoms with E-state index in [0.29, 0.717) is 11.2 Å². The molecule has 0 atom stereocenters. The fraction of sp³-hybridized carbons (Fsp3) is 0.0769. The first-order chi connectivity index (χ1) is 9.65. The number of nitro benzene ring substituents is 1. The van der Waals surface area contributed by atoms with Crippen LogP contribution in [0.5, 0.6) is 0 Å². The molecule has 0 unspecified atom stereocenters. The minimum atomic E-state index is -0.512. The van der Waals surface area contributed by atoms with Crippen molar-refractivity contribution >= 4 is 28.1 Å². The van der Waals surface area contributed by atoms with Gasteiger partial charge in [-0.1, -0.05) is 17.7 Å². The lowest BCUT2D eigenvalue weighted by atomic mass is 10.2. The van der Waals surface area contributed by atoms with E-state index in [-0.39, 0.29) is 11.2 Å². The van der Waals surface area contributed by atoms with Gasteiger partial charge in [0.15, 0.2) is 5.52 Å². The van der Waals surface area contributed by atoms with Gasteiger partial charge in [-0.05, 0) is 35.4 Å². The number of fused-ring (bicyclic) bond motifs is 1. The van der Waals surface area contributed by atoms with E-state index in [0.717, 1.165) is 11.3 Å². The predicted molar refractivity (Wildman–Crippen MR) is 72.9 cm³/mol. The molecule has 7 nitrogen and oxygen atoms in total. The number of hydrogen-bond donors (Lipinski definition) is 1. The number of hydrogen-bond acceptors (Lipinski definition) is 6. The smallest absolute Gasteiger partial charge is 0.300 e. The Kier molecular flexibility index (Phi) is 2.79. The molecule has 0 bridgehead atoms. The van der Waals surface area contributed by atoms with E-state index < -0.39 is 4.92 Å². The second-order valence-corrected chi connectivity index (χ2v) is 4.34. The van der Waals surface area contributed by atoms with Crippen molar-refractivity contribution in [3.05, 3.63) is 52.1 Å². The molecule has 0 aliphatic carbocycles. The standard InChI is InChI=1S/C13H10N4O3/c1-8-2-4-9(5-3-8)14-10-6-7-11(17(18)19)13-12(10)15-20-16-13/h2-7,14H,1H3. The summed E-state index contributed by atoms with van der Waals surface area (Å²) >= 11 is 0. The molecule has 0 saturated heterocycles. The van der Waals surface area contributed by atoms with Crippen LogP contribution in [0, 0.1) is 17.0 Å². The number of anilines is 2. The summed E-state index contributed by atoms with van der Waals surface area (Å²) in [7, 11) is 0. The molecule has 1 N–H and O–H groups in total. The van der Waals surface area contributed by atoms with Gasteiger partial charge in [-0.25, -0.2) is 4.63 Å². The highest BCUT2D eigenvalue weighted by atomic mass is 16.6. The summed E-state index contributed by atoms with van der Waals surface area (Å²) in [5.74, 6) is 0. The molecule has 2 aromatic carbocycles. The van der Waals surface area contributed by atoms with Crippen molar-refractivity contribution in [2.75, 3.05) is 5.32 Å². The van der Waals surface area contributed by atoms with Gasteiger partial charge in [0.1, 0.15) is 0 Å². The Labute approximate surface area is 113 Å². The van der Waals surface area contributed by atoms with Crippen LogP contribution in [0.3, 0.4) is 0 Å². The lowest BCUT2D eigenvalue weighted by Gasteiger charge is -2.06. The number of nitrogens with zero attached hydrogens (tertiary/aromatic N) is 3. The summed E-state index contributed by atoms with van der Waals surface area (Å²) in [5, 5.41) is 21.3. The maximum atomic E-state index is 10.9. The van der Waals surface area contributed by atoms with Gasteiger partial charge in [0.25, 0.3) is 0 Å². The molecule has 0 radical (unpaired) electrons. The molecule has 7 heteroatoms. The second kappa shape index (κ2) is 4.61. The lowest BCUT2D eigenvalue weighted by molar-refractivity contribution is -0.383. The van der Waals surface area contributed by atoms with Gasteiger partial charge >= 0.3 is 5.69 Å². The summed E-state index contributed by atoms with van der Waals surface area (Å²) in [6.45, 7) is 2.00. The quantitative estimate of drug-likeness (QED) is 0.580. The van der Waals surface area contributed by atoms with Gasteiger partial charge in [0.05, 0.1) is 10.6 Å². The monoisotopic (exact) mass is 270 g/mol. The van der Waals surface area contributed by atoms with E-state index in [2.05, 4.69) is 20.3 Å². The highest BCUT2D eigenvalue weighted by Crippen LogP contribution is 2.30. The molecule has 0 saturated carbocycles. The second-order valence-electron chi connectivity index (χ2n) is 4.34. The van der Waals surface area contributed by atoms with Crippen LogP contribution in [0.4, 0.5) is 17.1 Å². The zero-order valence-electron chi connectivity index (χ0n) is 10.5. The fourth-order valence-electron chi connectivity index (χ4n) is 1.89. The Morgan fingerprint density at radius 1 is 1.10 bits per heavy atom. The Hall–Kier alpha value is -2.96. The van der Waals surface area contributed by atoms with Crippen LogP contribution in [-0.2, 0) is 0 Å². The molecule has 0 aliphatic heterocycles. The van der Waals surface area contributed by atoms with Crippen molar-refractivity contribution in [1.82, 2.24) is 10.3 Å². The van der Waals surface area contributed by atoms with E-state index >= 15 is 0 Å². The molecule has 0 fully saturated rings. The summed E-state index contributed by atoms with van der Waals surface area (Å²) in [6, 6.07) is 10.7. The van der Waals surface area contributed by atoms with Gasteiger partial charge in [-0.2, -0.15) is 0 Å². The van der Waals surface area contributed by atoms with Gasteiger partial charge in [0, 0.05) is 11.8 Å². The van der Waals surface area contributed by atoms with Crippen LogP contribution in [-0.4, -0.2) is 15.2 Å².